The number of thiophene rings is 1. The lowest BCUT2D eigenvalue weighted by molar-refractivity contribution is -0.124. The molecule has 0 atom stereocenters. The zero-order chi connectivity index (χ0) is 29.0. The Morgan fingerprint density at radius 1 is 1.00 bits per heavy atom. The zero-order valence-corrected chi connectivity index (χ0v) is 25.3. The number of hydrogen-bond donors (Lipinski definition) is 1. The fourth-order valence-electron chi connectivity index (χ4n) is 6.17. The SMILES string of the molecule is CC(C)(C)C#Cc1cc(N(C(=O)C2CCCCC2)[C@H]2CC[C@H](Oc3cc(N4CCCC4)ncn3)CC2)c(C(=O)O)s1. The first-order chi connectivity index (χ1) is 19.7. The third-order valence-electron chi connectivity index (χ3n) is 8.27. The van der Waals surface area contributed by atoms with Gasteiger partial charge in [-0.2, -0.15) is 0 Å². The van der Waals surface area contributed by atoms with Crippen LogP contribution in [0.1, 0.15) is 106 Å². The largest absolute Gasteiger partial charge is 0.477 e. The van der Waals surface area contributed by atoms with Crippen LogP contribution in [0, 0.1) is 23.2 Å². The average Bonchev–Trinajstić information content (AvgIpc) is 3.64. The molecule has 220 valence electrons. The standard InChI is InChI=1S/C32H42N4O4S/c1-32(2,3)16-15-25-19-26(29(41-25)31(38)39)36(30(37)22-9-5-4-6-10-22)23-11-13-24(14-12-23)40-28-20-27(33-21-34-28)35-17-7-8-18-35/h19-24H,4-14,17-18H2,1-3H3,(H,38,39)/t23-,24-. The van der Waals surface area contributed by atoms with Gasteiger partial charge in [0.25, 0.3) is 0 Å². The van der Waals surface area contributed by atoms with Gasteiger partial charge in [-0.05, 0) is 78.2 Å². The summed E-state index contributed by atoms with van der Waals surface area (Å²) in [5.74, 6) is 6.88. The Labute approximate surface area is 247 Å². The molecule has 41 heavy (non-hydrogen) atoms. The van der Waals surface area contributed by atoms with Gasteiger partial charge < -0.3 is 19.6 Å². The third-order valence-corrected chi connectivity index (χ3v) is 9.30. The maximum Gasteiger partial charge on any atom is 0.348 e. The van der Waals surface area contributed by atoms with E-state index >= 15 is 0 Å². The van der Waals surface area contributed by atoms with E-state index in [2.05, 4.69) is 26.7 Å². The predicted molar refractivity (Wildman–Crippen MR) is 162 cm³/mol. The van der Waals surface area contributed by atoms with Gasteiger partial charge in [0.1, 0.15) is 23.1 Å². The van der Waals surface area contributed by atoms with Gasteiger partial charge >= 0.3 is 5.97 Å². The number of carbonyl (C=O) groups is 2. The molecule has 2 aromatic heterocycles. The number of anilines is 2. The van der Waals surface area contributed by atoms with Gasteiger partial charge in [0.05, 0.1) is 10.6 Å². The Balaban J connectivity index is 1.35. The highest BCUT2D eigenvalue weighted by Crippen LogP contribution is 2.38. The number of carboxylic acid groups (broad SMARTS) is 1. The molecule has 3 aliphatic rings. The Hall–Kier alpha value is -3.12. The molecule has 0 radical (unpaired) electrons. The van der Waals surface area contributed by atoms with Crippen LogP contribution in [0.5, 0.6) is 5.88 Å². The number of carboxylic acids is 1. The van der Waals surface area contributed by atoms with Gasteiger partial charge in [-0.15, -0.1) is 11.3 Å². The Morgan fingerprint density at radius 2 is 1.71 bits per heavy atom. The molecule has 1 N–H and O–H groups in total. The maximum atomic E-state index is 14.1. The minimum absolute atomic E-state index is 0.00570. The highest BCUT2D eigenvalue weighted by Gasteiger charge is 2.37. The van der Waals surface area contributed by atoms with Crippen LogP contribution in [0.2, 0.25) is 0 Å². The van der Waals surface area contributed by atoms with E-state index in [1.54, 1.807) is 6.33 Å². The monoisotopic (exact) mass is 578 g/mol. The van der Waals surface area contributed by atoms with Crippen LogP contribution in [-0.2, 0) is 4.79 Å². The Kier molecular flexibility index (Phi) is 9.18. The van der Waals surface area contributed by atoms with Crippen molar-refractivity contribution in [3.63, 3.8) is 0 Å². The molecule has 3 heterocycles. The highest BCUT2D eigenvalue weighted by molar-refractivity contribution is 7.15. The molecule has 1 aliphatic heterocycles. The first-order valence-electron chi connectivity index (χ1n) is 15.1. The van der Waals surface area contributed by atoms with Crippen LogP contribution >= 0.6 is 11.3 Å². The molecule has 8 nitrogen and oxygen atoms in total. The molecule has 1 amide bonds. The van der Waals surface area contributed by atoms with Gasteiger partial charge in [0, 0.05) is 36.5 Å². The van der Waals surface area contributed by atoms with Gasteiger partial charge in [-0.1, -0.05) is 31.1 Å². The predicted octanol–water partition coefficient (Wildman–Crippen LogP) is 6.54. The lowest BCUT2D eigenvalue weighted by Crippen LogP contribution is -2.47. The summed E-state index contributed by atoms with van der Waals surface area (Å²) in [6.45, 7) is 8.11. The van der Waals surface area contributed by atoms with Crippen molar-refractivity contribution in [2.45, 2.75) is 104 Å². The van der Waals surface area contributed by atoms with Crippen molar-refractivity contribution in [1.29, 1.82) is 0 Å². The summed E-state index contributed by atoms with van der Waals surface area (Å²) in [6, 6.07) is 3.68. The Bertz CT molecular complexity index is 1290. The molecular weight excluding hydrogens is 536 g/mol. The van der Waals surface area contributed by atoms with Crippen LogP contribution in [0.4, 0.5) is 11.5 Å². The summed E-state index contributed by atoms with van der Waals surface area (Å²) in [5, 5.41) is 10.1. The average molecular weight is 579 g/mol. The molecule has 2 aromatic rings. The van der Waals surface area contributed by atoms with Crippen molar-refractivity contribution in [3.8, 4) is 17.7 Å². The molecule has 0 spiro atoms. The molecule has 3 fully saturated rings. The van der Waals surface area contributed by atoms with E-state index in [-0.39, 0.29) is 34.3 Å². The second-order valence-electron chi connectivity index (χ2n) is 12.6. The van der Waals surface area contributed by atoms with Gasteiger partial charge in [0.2, 0.25) is 11.8 Å². The summed E-state index contributed by atoms with van der Waals surface area (Å²) in [5.41, 5.74) is 0.300. The van der Waals surface area contributed by atoms with E-state index in [1.165, 1.54) is 24.2 Å². The Morgan fingerprint density at radius 3 is 2.37 bits per heavy atom. The van der Waals surface area contributed by atoms with Gasteiger partial charge in [0.15, 0.2) is 0 Å². The maximum absolute atomic E-state index is 14.1. The van der Waals surface area contributed by atoms with Crippen molar-refractivity contribution in [2.75, 3.05) is 22.9 Å². The molecule has 5 rings (SSSR count). The van der Waals surface area contributed by atoms with Crippen LogP contribution in [0.25, 0.3) is 0 Å². The summed E-state index contributed by atoms with van der Waals surface area (Å²) < 4.78 is 6.30. The van der Waals surface area contributed by atoms with E-state index in [4.69, 9.17) is 4.74 Å². The number of carbonyl (C=O) groups excluding carboxylic acids is 1. The summed E-state index contributed by atoms with van der Waals surface area (Å²) in [6.07, 6.45) is 11.9. The zero-order valence-electron chi connectivity index (χ0n) is 24.5. The highest BCUT2D eigenvalue weighted by atomic mass is 32.1. The van der Waals surface area contributed by atoms with Crippen LogP contribution in [0.15, 0.2) is 18.5 Å². The first kappa shape index (κ1) is 29.4. The number of ether oxygens (including phenoxy) is 1. The quantitative estimate of drug-likeness (QED) is 0.373. The van der Waals surface area contributed by atoms with Gasteiger partial charge in [-0.3, -0.25) is 4.79 Å². The van der Waals surface area contributed by atoms with Gasteiger partial charge in [-0.25, -0.2) is 14.8 Å². The number of amides is 1. The first-order valence-corrected chi connectivity index (χ1v) is 16.0. The summed E-state index contributed by atoms with van der Waals surface area (Å²) >= 11 is 1.17. The molecule has 2 aliphatic carbocycles. The van der Waals surface area contributed by atoms with Crippen LogP contribution in [-0.4, -0.2) is 52.2 Å². The summed E-state index contributed by atoms with van der Waals surface area (Å²) in [4.78, 5) is 40.3. The van der Waals surface area contributed by atoms with Crippen molar-refractivity contribution in [2.24, 2.45) is 11.3 Å². The number of rotatable bonds is 7. The number of hydrogen-bond acceptors (Lipinski definition) is 7. The van der Waals surface area contributed by atoms with Crippen molar-refractivity contribution in [3.05, 3.63) is 28.2 Å². The second kappa shape index (κ2) is 12.8. The molecule has 2 saturated carbocycles. The van der Waals surface area contributed by atoms with Crippen molar-refractivity contribution >= 4 is 34.7 Å². The second-order valence-corrected chi connectivity index (χ2v) is 13.7. The molecule has 0 unspecified atom stereocenters. The lowest BCUT2D eigenvalue weighted by Gasteiger charge is -2.39. The van der Waals surface area contributed by atoms with E-state index in [1.807, 2.05) is 37.8 Å². The topological polar surface area (TPSA) is 95.9 Å². The minimum Gasteiger partial charge on any atom is -0.477 e. The molecular formula is C32H42N4O4S. The molecule has 1 saturated heterocycles. The van der Waals surface area contributed by atoms with Crippen LogP contribution < -0.4 is 14.5 Å². The molecule has 0 bridgehead atoms. The minimum atomic E-state index is -1.01. The number of aromatic carboxylic acids is 1. The van der Waals surface area contributed by atoms with E-state index in [9.17, 15) is 14.7 Å². The molecule has 0 aromatic carbocycles. The fourth-order valence-corrected chi connectivity index (χ4v) is 7.01. The third kappa shape index (κ3) is 7.40. The smallest absolute Gasteiger partial charge is 0.348 e. The van der Waals surface area contributed by atoms with Crippen LogP contribution in [0.3, 0.4) is 0 Å². The lowest BCUT2D eigenvalue weighted by atomic mass is 9.86. The van der Waals surface area contributed by atoms with E-state index in [0.29, 0.717) is 16.4 Å². The number of aromatic nitrogens is 2. The molecule has 9 heteroatoms. The van der Waals surface area contributed by atoms with E-state index < -0.39 is 5.97 Å². The van der Waals surface area contributed by atoms with Crippen molar-refractivity contribution in [1.82, 2.24) is 9.97 Å². The summed E-state index contributed by atoms with van der Waals surface area (Å²) in [7, 11) is 0. The number of nitrogens with zero attached hydrogens (tertiary/aromatic N) is 4. The van der Waals surface area contributed by atoms with Crippen molar-refractivity contribution < 1.29 is 19.4 Å². The fraction of sp³-hybridized carbons (Fsp3) is 0.625. The normalized spacial score (nSPS) is 21.7. The van der Waals surface area contributed by atoms with E-state index in [0.717, 1.165) is 76.7 Å².